The lowest BCUT2D eigenvalue weighted by molar-refractivity contribution is -0.144. The monoisotopic (exact) mass is 202 g/mol. The number of fused-ring (bicyclic) bond motifs is 1. The molecule has 3 nitrogen and oxygen atoms in total. The zero-order valence-corrected chi connectivity index (χ0v) is 8.30. The van der Waals surface area contributed by atoms with Crippen molar-refractivity contribution >= 4 is 17.4 Å². The zero-order chi connectivity index (χ0) is 9.64. The van der Waals surface area contributed by atoms with Crippen LogP contribution >= 0.6 is 11.6 Å². The molecular formula is C9H11ClO3. The van der Waals surface area contributed by atoms with Crippen molar-refractivity contribution in [2.45, 2.75) is 38.3 Å². The predicted molar refractivity (Wildman–Crippen MR) is 47.4 cm³/mol. The molecule has 0 spiro atoms. The van der Waals surface area contributed by atoms with E-state index in [0.717, 1.165) is 0 Å². The zero-order valence-electron chi connectivity index (χ0n) is 7.54. The first-order valence-corrected chi connectivity index (χ1v) is 4.61. The molecule has 0 aromatic rings. The molecule has 72 valence electrons. The molecule has 0 aromatic heterocycles. The average Bonchev–Trinajstić information content (AvgIpc) is 2.23. The molecule has 2 atom stereocenters. The maximum Gasteiger partial charge on any atom is 0.164 e. The Labute approximate surface area is 81.6 Å². The quantitative estimate of drug-likeness (QED) is 0.599. The van der Waals surface area contributed by atoms with Gasteiger partial charge in [0.05, 0.1) is 11.1 Å². The Hall–Kier alpha value is -0.380. The van der Waals surface area contributed by atoms with E-state index in [1.54, 1.807) is 0 Å². The van der Waals surface area contributed by atoms with Crippen molar-refractivity contribution in [2.75, 3.05) is 0 Å². The lowest BCUT2D eigenvalue weighted by atomic mass is 10.0. The number of carbonyl (C=O) groups is 1. The molecule has 0 aromatic carbocycles. The Balaban J connectivity index is 2.25. The Kier molecular flexibility index (Phi) is 1.98. The molecule has 0 amide bonds. The van der Waals surface area contributed by atoms with Crippen molar-refractivity contribution in [2.24, 2.45) is 0 Å². The van der Waals surface area contributed by atoms with Gasteiger partial charge in [0.15, 0.2) is 11.6 Å². The van der Waals surface area contributed by atoms with Crippen LogP contribution in [-0.4, -0.2) is 23.8 Å². The predicted octanol–water partition coefficient (Wildman–Crippen LogP) is 1.60. The van der Waals surface area contributed by atoms with Gasteiger partial charge in [-0.15, -0.1) is 0 Å². The second kappa shape index (κ2) is 2.80. The number of hydrogen-bond donors (Lipinski definition) is 0. The molecule has 1 aliphatic carbocycles. The van der Waals surface area contributed by atoms with Crippen LogP contribution in [0.3, 0.4) is 0 Å². The van der Waals surface area contributed by atoms with Crippen LogP contribution in [0.2, 0.25) is 0 Å². The standard InChI is InChI=1S/C9H11ClO3/c1-9(2)12-7-4-5(11)3-6(10)8(7)13-9/h3,7-8H,4H2,1-2H3/t7-,8+/m0/s1. The van der Waals surface area contributed by atoms with Gasteiger partial charge >= 0.3 is 0 Å². The third-order valence-corrected chi connectivity index (χ3v) is 2.48. The summed E-state index contributed by atoms with van der Waals surface area (Å²) in [6, 6.07) is 0. The first kappa shape index (κ1) is 9.19. The molecule has 2 aliphatic rings. The number of ether oxygens (including phenoxy) is 2. The molecule has 0 bridgehead atoms. The van der Waals surface area contributed by atoms with E-state index in [9.17, 15) is 4.79 Å². The number of halogens is 1. The Morgan fingerprint density at radius 1 is 1.54 bits per heavy atom. The van der Waals surface area contributed by atoms with Gasteiger partial charge in [-0.3, -0.25) is 4.79 Å². The minimum Gasteiger partial charge on any atom is -0.344 e. The number of allylic oxidation sites excluding steroid dienone is 1. The van der Waals surface area contributed by atoms with Gasteiger partial charge in [-0.1, -0.05) is 11.6 Å². The van der Waals surface area contributed by atoms with Gasteiger partial charge in [0, 0.05) is 6.42 Å². The second-order valence-electron chi connectivity index (χ2n) is 3.79. The Morgan fingerprint density at radius 2 is 2.23 bits per heavy atom. The summed E-state index contributed by atoms with van der Waals surface area (Å²) in [7, 11) is 0. The number of rotatable bonds is 0. The van der Waals surface area contributed by atoms with Gasteiger partial charge < -0.3 is 9.47 Å². The van der Waals surface area contributed by atoms with Gasteiger partial charge in [-0.05, 0) is 19.9 Å². The van der Waals surface area contributed by atoms with E-state index in [-0.39, 0.29) is 18.0 Å². The summed E-state index contributed by atoms with van der Waals surface area (Å²) in [5, 5.41) is 0.451. The highest BCUT2D eigenvalue weighted by Gasteiger charge is 2.45. The smallest absolute Gasteiger partial charge is 0.164 e. The lowest BCUT2D eigenvalue weighted by Gasteiger charge is -2.18. The van der Waals surface area contributed by atoms with E-state index in [0.29, 0.717) is 11.5 Å². The van der Waals surface area contributed by atoms with Crippen molar-refractivity contribution in [1.82, 2.24) is 0 Å². The molecule has 1 saturated heterocycles. The molecule has 4 heteroatoms. The average molecular weight is 203 g/mol. The van der Waals surface area contributed by atoms with E-state index in [2.05, 4.69) is 0 Å². The molecule has 2 rings (SSSR count). The molecule has 0 unspecified atom stereocenters. The van der Waals surface area contributed by atoms with Gasteiger partial charge in [-0.25, -0.2) is 0 Å². The maximum absolute atomic E-state index is 11.1. The Morgan fingerprint density at radius 3 is 2.92 bits per heavy atom. The van der Waals surface area contributed by atoms with Gasteiger partial charge in [0.2, 0.25) is 0 Å². The van der Waals surface area contributed by atoms with E-state index in [1.165, 1.54) is 6.08 Å². The number of ketones is 1. The molecule has 1 heterocycles. The molecule has 0 radical (unpaired) electrons. The summed E-state index contributed by atoms with van der Waals surface area (Å²) in [4.78, 5) is 11.1. The minimum atomic E-state index is -0.631. The summed E-state index contributed by atoms with van der Waals surface area (Å²) >= 11 is 5.88. The molecule has 0 saturated carbocycles. The summed E-state index contributed by atoms with van der Waals surface area (Å²) in [5.74, 6) is -0.624. The number of carbonyl (C=O) groups excluding carboxylic acids is 1. The van der Waals surface area contributed by atoms with Crippen LogP contribution in [0.4, 0.5) is 0 Å². The minimum absolute atomic E-state index is 0.00699. The maximum atomic E-state index is 11.1. The highest BCUT2D eigenvalue weighted by atomic mass is 35.5. The van der Waals surface area contributed by atoms with Crippen LogP contribution in [-0.2, 0) is 14.3 Å². The van der Waals surface area contributed by atoms with E-state index >= 15 is 0 Å². The van der Waals surface area contributed by atoms with Crippen LogP contribution in [0.15, 0.2) is 11.1 Å². The molecule has 0 N–H and O–H groups in total. The number of hydrogen-bond acceptors (Lipinski definition) is 3. The van der Waals surface area contributed by atoms with Crippen LogP contribution in [0.1, 0.15) is 20.3 Å². The molecule has 1 aliphatic heterocycles. The normalized spacial score (nSPS) is 37.2. The highest BCUT2D eigenvalue weighted by Crippen LogP contribution is 2.37. The molecule has 13 heavy (non-hydrogen) atoms. The molecular weight excluding hydrogens is 192 g/mol. The van der Waals surface area contributed by atoms with E-state index < -0.39 is 5.79 Å². The van der Waals surface area contributed by atoms with Crippen LogP contribution in [0, 0.1) is 0 Å². The van der Waals surface area contributed by atoms with Crippen molar-refractivity contribution in [3.63, 3.8) is 0 Å². The fourth-order valence-corrected chi connectivity index (χ4v) is 2.02. The first-order valence-electron chi connectivity index (χ1n) is 4.23. The summed E-state index contributed by atoms with van der Waals surface area (Å²) in [6.07, 6.45) is 1.33. The van der Waals surface area contributed by atoms with Crippen LogP contribution in [0.5, 0.6) is 0 Å². The van der Waals surface area contributed by atoms with Gasteiger partial charge in [0.1, 0.15) is 6.10 Å². The first-order chi connectivity index (χ1) is 5.98. The van der Waals surface area contributed by atoms with Crippen molar-refractivity contribution in [3.8, 4) is 0 Å². The largest absolute Gasteiger partial charge is 0.344 e. The summed E-state index contributed by atoms with van der Waals surface area (Å²) < 4.78 is 11.1. The summed E-state index contributed by atoms with van der Waals surface area (Å²) in [5.41, 5.74) is 0. The van der Waals surface area contributed by atoms with E-state index in [1.807, 2.05) is 13.8 Å². The van der Waals surface area contributed by atoms with Crippen molar-refractivity contribution < 1.29 is 14.3 Å². The third kappa shape index (κ3) is 1.64. The van der Waals surface area contributed by atoms with Crippen molar-refractivity contribution in [1.29, 1.82) is 0 Å². The van der Waals surface area contributed by atoms with Crippen LogP contribution in [0.25, 0.3) is 0 Å². The SMILES string of the molecule is CC1(C)O[C@H]2CC(=O)C=C(Cl)[C@H]2O1. The highest BCUT2D eigenvalue weighted by molar-refractivity contribution is 6.32. The van der Waals surface area contributed by atoms with Crippen molar-refractivity contribution in [3.05, 3.63) is 11.1 Å². The topological polar surface area (TPSA) is 35.5 Å². The van der Waals surface area contributed by atoms with E-state index in [4.69, 9.17) is 21.1 Å². The summed E-state index contributed by atoms with van der Waals surface area (Å²) in [6.45, 7) is 3.64. The third-order valence-electron chi connectivity index (χ3n) is 2.16. The Bertz CT molecular complexity index is 283. The fraction of sp³-hybridized carbons (Fsp3) is 0.667. The van der Waals surface area contributed by atoms with Crippen LogP contribution < -0.4 is 0 Å². The van der Waals surface area contributed by atoms with Gasteiger partial charge in [0.25, 0.3) is 0 Å². The van der Waals surface area contributed by atoms with Gasteiger partial charge in [-0.2, -0.15) is 0 Å². The second-order valence-corrected chi connectivity index (χ2v) is 4.23. The fourth-order valence-electron chi connectivity index (χ4n) is 1.71. The molecule has 1 fully saturated rings. The lowest BCUT2D eigenvalue weighted by Crippen LogP contribution is -2.29.